The first-order chi connectivity index (χ1) is 14.3. The predicted molar refractivity (Wildman–Crippen MR) is 124 cm³/mol. The number of amides is 1. The van der Waals surface area contributed by atoms with Crippen LogP contribution in [-0.2, 0) is 14.6 Å². The van der Waals surface area contributed by atoms with Crippen LogP contribution in [-0.4, -0.2) is 25.1 Å². The van der Waals surface area contributed by atoms with Crippen molar-refractivity contribution in [1.29, 1.82) is 0 Å². The zero-order valence-corrected chi connectivity index (χ0v) is 19.0. The number of carbonyl (C=O) groups is 1. The van der Waals surface area contributed by atoms with Crippen molar-refractivity contribution < 1.29 is 13.2 Å². The molecule has 4 rings (SSSR count). The molecule has 0 saturated carbocycles. The second-order valence-electron chi connectivity index (χ2n) is 6.90. The van der Waals surface area contributed by atoms with Gasteiger partial charge in [0.15, 0.2) is 9.84 Å². The Morgan fingerprint density at radius 1 is 1.00 bits per heavy atom. The molecule has 2 aromatic carbocycles. The number of anilines is 1. The molecule has 0 atom stereocenters. The Kier molecular flexibility index (Phi) is 5.73. The van der Waals surface area contributed by atoms with Gasteiger partial charge in [-0.2, -0.15) is 0 Å². The molecule has 0 radical (unpaired) electrons. The van der Waals surface area contributed by atoms with Gasteiger partial charge in [0.25, 0.3) is 0 Å². The molecule has 5 nitrogen and oxygen atoms in total. The maximum absolute atomic E-state index is 12.6. The molecule has 154 valence electrons. The van der Waals surface area contributed by atoms with Crippen molar-refractivity contribution >= 4 is 53.6 Å². The van der Waals surface area contributed by atoms with Gasteiger partial charge in [-0.1, -0.05) is 30.3 Å². The first-order valence-electron chi connectivity index (χ1n) is 9.39. The molecule has 0 fully saturated rings. The topological polar surface area (TPSA) is 76.1 Å². The van der Waals surface area contributed by atoms with Gasteiger partial charge < -0.3 is 5.32 Å². The number of aryl methyl sites for hydroxylation is 1. The van der Waals surface area contributed by atoms with Crippen molar-refractivity contribution in [2.45, 2.75) is 25.2 Å². The van der Waals surface area contributed by atoms with Crippen LogP contribution in [0.4, 0.5) is 5.00 Å². The Hall–Kier alpha value is -2.55. The zero-order chi connectivity index (χ0) is 21.3. The van der Waals surface area contributed by atoms with Crippen molar-refractivity contribution in [2.75, 3.05) is 11.1 Å². The first kappa shape index (κ1) is 20.7. The SMILES string of the molecule is Cc1sc(NC(=O)CCS(=O)(=O)c2ccccc2)c(-c2nc3ccccc3s2)c1C. The summed E-state index contributed by atoms with van der Waals surface area (Å²) in [6, 6.07) is 16.1. The van der Waals surface area contributed by atoms with E-state index in [1.165, 1.54) is 11.3 Å². The average molecular weight is 457 g/mol. The number of aromatic nitrogens is 1. The number of hydrogen-bond donors (Lipinski definition) is 1. The molecule has 4 aromatic rings. The maximum Gasteiger partial charge on any atom is 0.226 e. The smallest absolute Gasteiger partial charge is 0.226 e. The van der Waals surface area contributed by atoms with Crippen LogP contribution in [0.15, 0.2) is 59.5 Å². The van der Waals surface area contributed by atoms with Crippen LogP contribution in [0.2, 0.25) is 0 Å². The van der Waals surface area contributed by atoms with Crippen LogP contribution in [0.3, 0.4) is 0 Å². The van der Waals surface area contributed by atoms with Crippen LogP contribution >= 0.6 is 22.7 Å². The fourth-order valence-corrected chi connectivity index (χ4v) is 6.59. The molecule has 0 bridgehead atoms. The van der Waals surface area contributed by atoms with Gasteiger partial charge >= 0.3 is 0 Å². The number of para-hydroxylation sites is 1. The van der Waals surface area contributed by atoms with Crippen molar-refractivity contribution in [1.82, 2.24) is 4.98 Å². The van der Waals surface area contributed by atoms with Gasteiger partial charge in [-0.3, -0.25) is 4.79 Å². The van der Waals surface area contributed by atoms with Gasteiger partial charge in [-0.25, -0.2) is 13.4 Å². The first-order valence-corrected chi connectivity index (χ1v) is 12.7. The maximum atomic E-state index is 12.6. The second-order valence-corrected chi connectivity index (χ2v) is 11.3. The quantitative estimate of drug-likeness (QED) is 0.419. The number of carbonyl (C=O) groups excluding carboxylic acids is 1. The number of hydrogen-bond acceptors (Lipinski definition) is 6. The van der Waals surface area contributed by atoms with Crippen molar-refractivity contribution in [2.24, 2.45) is 0 Å². The van der Waals surface area contributed by atoms with Gasteiger partial charge in [-0.05, 0) is 43.7 Å². The van der Waals surface area contributed by atoms with E-state index in [1.807, 2.05) is 38.1 Å². The van der Waals surface area contributed by atoms with Crippen LogP contribution in [0, 0.1) is 13.8 Å². The molecular formula is C22H20N2O3S3. The molecule has 0 saturated heterocycles. The summed E-state index contributed by atoms with van der Waals surface area (Å²) < 4.78 is 26.0. The van der Waals surface area contributed by atoms with Crippen molar-refractivity contribution in [3.05, 3.63) is 65.0 Å². The number of nitrogens with zero attached hydrogens (tertiary/aromatic N) is 1. The lowest BCUT2D eigenvalue weighted by Crippen LogP contribution is -2.17. The zero-order valence-electron chi connectivity index (χ0n) is 16.5. The molecule has 2 heterocycles. The number of sulfone groups is 1. The molecule has 0 aliphatic rings. The van der Waals surface area contributed by atoms with Gasteiger partial charge in [-0.15, -0.1) is 22.7 Å². The molecular weight excluding hydrogens is 436 g/mol. The fourth-order valence-electron chi connectivity index (χ4n) is 3.11. The number of fused-ring (bicyclic) bond motifs is 1. The van der Waals surface area contributed by atoms with Gasteiger partial charge in [0.05, 0.1) is 20.9 Å². The van der Waals surface area contributed by atoms with Gasteiger partial charge in [0.2, 0.25) is 5.91 Å². The van der Waals surface area contributed by atoms with E-state index in [9.17, 15) is 13.2 Å². The molecule has 1 amide bonds. The summed E-state index contributed by atoms with van der Waals surface area (Å²) in [7, 11) is -3.50. The Bertz CT molecular complexity index is 1290. The lowest BCUT2D eigenvalue weighted by Gasteiger charge is -2.07. The van der Waals surface area contributed by atoms with E-state index in [0.717, 1.165) is 31.2 Å². The minimum atomic E-state index is -3.50. The number of benzene rings is 2. The highest BCUT2D eigenvalue weighted by Crippen LogP contribution is 2.43. The fraction of sp³-hybridized carbons (Fsp3) is 0.182. The summed E-state index contributed by atoms with van der Waals surface area (Å²) in [4.78, 5) is 18.6. The van der Waals surface area contributed by atoms with E-state index in [0.29, 0.717) is 5.00 Å². The highest BCUT2D eigenvalue weighted by molar-refractivity contribution is 7.91. The van der Waals surface area contributed by atoms with Gasteiger partial charge in [0, 0.05) is 16.9 Å². The summed E-state index contributed by atoms with van der Waals surface area (Å²) in [5.74, 6) is -0.555. The summed E-state index contributed by atoms with van der Waals surface area (Å²) in [5, 5.41) is 4.49. The standard InChI is InChI=1S/C22H20N2O3S3/c1-14-15(2)28-22(20(14)21-23-17-10-6-7-11-18(17)29-21)24-19(25)12-13-30(26,27)16-8-4-3-5-9-16/h3-11H,12-13H2,1-2H3,(H,24,25). The van der Waals surface area contributed by atoms with Gasteiger partial charge in [0.1, 0.15) is 10.0 Å². The summed E-state index contributed by atoms with van der Waals surface area (Å²) in [6.45, 7) is 4.02. The van der Waals surface area contributed by atoms with Crippen LogP contribution in [0.25, 0.3) is 20.8 Å². The molecule has 8 heteroatoms. The van der Waals surface area contributed by atoms with Crippen LogP contribution < -0.4 is 5.32 Å². The highest BCUT2D eigenvalue weighted by atomic mass is 32.2. The molecule has 1 N–H and O–H groups in total. The minimum absolute atomic E-state index is 0.105. The Morgan fingerprint density at radius 3 is 2.43 bits per heavy atom. The van der Waals surface area contributed by atoms with E-state index >= 15 is 0 Å². The molecule has 0 unspecified atom stereocenters. The monoisotopic (exact) mass is 456 g/mol. The Labute approximate surface area is 183 Å². The number of nitrogens with one attached hydrogen (secondary N) is 1. The molecule has 0 spiro atoms. The largest absolute Gasteiger partial charge is 0.317 e. The van der Waals surface area contributed by atoms with Crippen LogP contribution in [0.1, 0.15) is 16.9 Å². The summed E-state index contributed by atoms with van der Waals surface area (Å²) in [5.41, 5.74) is 2.91. The third kappa shape index (κ3) is 4.16. The average Bonchev–Trinajstić information content (AvgIpc) is 3.27. The van der Waals surface area contributed by atoms with E-state index in [2.05, 4.69) is 5.32 Å². The van der Waals surface area contributed by atoms with Crippen molar-refractivity contribution in [3.63, 3.8) is 0 Å². The Balaban J connectivity index is 1.55. The molecule has 30 heavy (non-hydrogen) atoms. The Morgan fingerprint density at radius 2 is 1.70 bits per heavy atom. The third-order valence-corrected chi connectivity index (χ3v) is 8.75. The summed E-state index contributed by atoms with van der Waals surface area (Å²) in [6.07, 6.45) is -0.105. The lowest BCUT2D eigenvalue weighted by molar-refractivity contribution is -0.115. The van der Waals surface area contributed by atoms with E-state index < -0.39 is 9.84 Å². The number of rotatable bonds is 6. The van der Waals surface area contributed by atoms with Crippen LogP contribution in [0.5, 0.6) is 0 Å². The highest BCUT2D eigenvalue weighted by Gasteiger charge is 2.21. The van der Waals surface area contributed by atoms with E-state index in [-0.39, 0.29) is 23.0 Å². The normalized spacial score (nSPS) is 11.7. The minimum Gasteiger partial charge on any atom is -0.317 e. The number of thiazole rings is 1. The second kappa shape index (κ2) is 8.29. The predicted octanol–water partition coefficient (Wildman–Crippen LogP) is 5.44. The summed E-state index contributed by atoms with van der Waals surface area (Å²) >= 11 is 3.07. The van der Waals surface area contributed by atoms with E-state index in [4.69, 9.17) is 4.98 Å². The molecule has 2 aromatic heterocycles. The lowest BCUT2D eigenvalue weighted by atomic mass is 10.1. The molecule has 0 aliphatic heterocycles. The van der Waals surface area contributed by atoms with Crippen molar-refractivity contribution in [3.8, 4) is 10.6 Å². The molecule has 0 aliphatic carbocycles. The number of thiophene rings is 1. The van der Waals surface area contributed by atoms with E-state index in [1.54, 1.807) is 41.7 Å². The third-order valence-electron chi connectivity index (χ3n) is 4.85.